The fraction of sp³-hybridized carbons (Fsp3) is 0.375. The quantitative estimate of drug-likeness (QED) is 0.213. The van der Waals surface area contributed by atoms with E-state index < -0.39 is 36.8 Å². The third-order valence-corrected chi connectivity index (χ3v) is 7.00. The van der Waals surface area contributed by atoms with Crippen LogP contribution in [0.5, 0.6) is 11.5 Å². The molecule has 0 bridgehead atoms. The van der Waals surface area contributed by atoms with Gasteiger partial charge in [-0.25, -0.2) is 9.78 Å². The van der Waals surface area contributed by atoms with E-state index in [1.54, 1.807) is 20.8 Å². The predicted octanol–water partition coefficient (Wildman–Crippen LogP) is 4.82. The minimum atomic E-state index is -0.975. The zero-order valence-electron chi connectivity index (χ0n) is 23.8. The Kier molecular flexibility index (Phi) is 9.95. The Morgan fingerprint density at radius 1 is 0.976 bits per heavy atom. The van der Waals surface area contributed by atoms with Crippen LogP contribution in [0, 0.1) is 5.92 Å². The Bertz CT molecular complexity index is 1360. The van der Waals surface area contributed by atoms with Gasteiger partial charge in [-0.05, 0) is 42.9 Å². The molecule has 3 atom stereocenters. The number of carbonyl (C=O) groups is 3. The number of esters is 2. The van der Waals surface area contributed by atoms with E-state index in [0.717, 1.165) is 24.0 Å². The second kappa shape index (κ2) is 13.8. The summed E-state index contributed by atoms with van der Waals surface area (Å²) in [4.78, 5) is 42.5. The number of nitrogens with one attached hydrogen (secondary N) is 1. The zero-order valence-corrected chi connectivity index (χ0v) is 23.8. The van der Waals surface area contributed by atoms with Gasteiger partial charge in [0.1, 0.15) is 12.1 Å². The summed E-state index contributed by atoms with van der Waals surface area (Å²) in [5, 5.41) is 2.66. The molecule has 1 aliphatic rings. The van der Waals surface area contributed by atoms with Crippen molar-refractivity contribution < 1.29 is 33.3 Å². The van der Waals surface area contributed by atoms with Crippen LogP contribution >= 0.6 is 0 Å². The van der Waals surface area contributed by atoms with Crippen LogP contribution < -0.4 is 14.8 Å². The zero-order chi connectivity index (χ0) is 29.4. The number of hydrogen-bond acceptors (Lipinski definition) is 8. The van der Waals surface area contributed by atoms with Gasteiger partial charge in [-0.1, -0.05) is 68.4 Å². The first-order chi connectivity index (χ1) is 19.8. The number of aromatic nitrogens is 1. The minimum absolute atomic E-state index is 0.00543. The molecule has 216 valence electrons. The molecule has 2 aromatic carbocycles. The molecule has 0 spiro atoms. The Balaban J connectivity index is 1.49. The van der Waals surface area contributed by atoms with Crippen molar-refractivity contribution in [3.05, 3.63) is 89.2 Å². The van der Waals surface area contributed by atoms with Crippen LogP contribution in [0.1, 0.15) is 66.7 Å². The molecule has 0 radical (unpaired) electrons. The van der Waals surface area contributed by atoms with Crippen LogP contribution in [0.3, 0.4) is 0 Å². The molecule has 0 aliphatic heterocycles. The highest BCUT2D eigenvalue weighted by Gasteiger charge is 2.33. The highest BCUT2D eigenvalue weighted by atomic mass is 16.7. The number of ether oxygens (including phenoxy) is 4. The van der Waals surface area contributed by atoms with Crippen LogP contribution in [-0.2, 0) is 25.5 Å². The lowest BCUT2D eigenvalue weighted by Crippen LogP contribution is -2.42. The number of amides is 1. The van der Waals surface area contributed by atoms with Gasteiger partial charge in [0.05, 0.1) is 13.0 Å². The predicted molar refractivity (Wildman–Crippen MR) is 152 cm³/mol. The summed E-state index contributed by atoms with van der Waals surface area (Å²) in [6.45, 7) is 4.53. The first-order valence-electron chi connectivity index (χ1n) is 13.8. The summed E-state index contributed by atoms with van der Waals surface area (Å²) in [5.41, 5.74) is 3.34. The first kappa shape index (κ1) is 29.6. The van der Waals surface area contributed by atoms with Gasteiger partial charge >= 0.3 is 11.9 Å². The minimum Gasteiger partial charge on any atom is -0.493 e. The van der Waals surface area contributed by atoms with Crippen LogP contribution in [0.15, 0.2) is 66.9 Å². The molecule has 3 aromatic rings. The van der Waals surface area contributed by atoms with E-state index >= 15 is 0 Å². The smallest absolute Gasteiger partial charge is 0.328 e. The summed E-state index contributed by atoms with van der Waals surface area (Å²) < 4.78 is 22.1. The van der Waals surface area contributed by atoms with Crippen LogP contribution in [-0.4, -0.2) is 48.9 Å². The fourth-order valence-electron chi connectivity index (χ4n) is 4.89. The molecule has 1 aliphatic carbocycles. The van der Waals surface area contributed by atoms with E-state index in [0.29, 0.717) is 6.42 Å². The van der Waals surface area contributed by atoms with Gasteiger partial charge in [-0.15, -0.1) is 0 Å². The third kappa shape index (κ3) is 7.22. The van der Waals surface area contributed by atoms with Crippen LogP contribution in [0.2, 0.25) is 0 Å². The second-order valence-electron chi connectivity index (χ2n) is 10.2. The molecule has 1 N–H and O–H groups in total. The summed E-state index contributed by atoms with van der Waals surface area (Å²) in [7, 11) is 1.41. The number of carbonyl (C=O) groups excluding carboxylic acids is 3. The average molecular weight is 561 g/mol. The second-order valence-corrected chi connectivity index (χ2v) is 10.2. The number of aryl methyl sites for hydroxylation is 1. The molecule has 1 amide bonds. The molecule has 9 nitrogen and oxygen atoms in total. The Hall–Kier alpha value is -4.40. The maximum atomic E-state index is 13.3. The molecule has 4 rings (SSSR count). The van der Waals surface area contributed by atoms with Gasteiger partial charge < -0.3 is 24.3 Å². The van der Waals surface area contributed by atoms with E-state index in [9.17, 15) is 14.4 Å². The molecule has 1 aromatic heterocycles. The molecular weight excluding hydrogens is 524 g/mol. The average Bonchev–Trinajstić information content (AvgIpc) is 3.16. The van der Waals surface area contributed by atoms with E-state index in [-0.39, 0.29) is 29.0 Å². The molecule has 1 heterocycles. The molecular formula is C32H36N2O7. The lowest BCUT2D eigenvalue weighted by atomic mass is 9.84. The van der Waals surface area contributed by atoms with E-state index in [4.69, 9.17) is 18.9 Å². The maximum Gasteiger partial charge on any atom is 0.328 e. The van der Waals surface area contributed by atoms with E-state index in [1.165, 1.54) is 24.9 Å². The topological polar surface area (TPSA) is 113 Å². The van der Waals surface area contributed by atoms with Crippen molar-refractivity contribution in [1.29, 1.82) is 0 Å². The SMILES string of the molecule is COc1ccnc(C(=O)N[C@@H](C)C(=O)OC2CCCc3ccccc3C2c2ccccc2)c1OCOC(=O)C(C)C. The highest BCUT2D eigenvalue weighted by molar-refractivity contribution is 5.98. The van der Waals surface area contributed by atoms with Crippen molar-refractivity contribution in [2.24, 2.45) is 5.92 Å². The monoisotopic (exact) mass is 560 g/mol. The van der Waals surface area contributed by atoms with Crippen LogP contribution in [0.25, 0.3) is 0 Å². The summed E-state index contributed by atoms with van der Waals surface area (Å²) in [6.07, 6.45) is 3.44. The Labute approximate surface area is 240 Å². The molecule has 0 fully saturated rings. The fourth-order valence-corrected chi connectivity index (χ4v) is 4.89. The Morgan fingerprint density at radius 2 is 1.71 bits per heavy atom. The number of rotatable bonds is 10. The number of hydrogen-bond donors (Lipinski definition) is 1. The molecule has 0 saturated heterocycles. The number of pyridine rings is 1. The van der Waals surface area contributed by atoms with Gasteiger partial charge in [-0.2, -0.15) is 0 Å². The summed E-state index contributed by atoms with van der Waals surface area (Å²) >= 11 is 0. The van der Waals surface area contributed by atoms with Gasteiger partial charge in [0.2, 0.25) is 6.79 Å². The molecule has 41 heavy (non-hydrogen) atoms. The van der Waals surface area contributed by atoms with Crippen molar-refractivity contribution in [2.45, 2.75) is 58.1 Å². The normalized spacial score (nSPS) is 17.0. The Morgan fingerprint density at radius 3 is 2.44 bits per heavy atom. The standard InChI is InChI=1S/C32H36N2O7/c1-20(2)31(36)40-19-39-29-26(38-4)17-18-33-28(29)30(35)34-21(3)32(37)41-25-16-10-14-22-11-8-9-15-24(22)27(25)23-12-6-5-7-13-23/h5-9,11-13,15,17-18,20-21,25,27H,10,14,16,19H2,1-4H3,(H,34,35)/t21-,25?,27?/m0/s1. The first-order valence-corrected chi connectivity index (χ1v) is 13.8. The van der Waals surface area contributed by atoms with E-state index in [1.807, 2.05) is 42.5 Å². The van der Waals surface area contributed by atoms with Crippen molar-refractivity contribution in [3.8, 4) is 11.5 Å². The maximum absolute atomic E-state index is 13.3. The summed E-state index contributed by atoms with van der Waals surface area (Å²) in [6, 6.07) is 18.8. The molecule has 9 heteroatoms. The number of nitrogens with zero attached hydrogens (tertiary/aromatic N) is 1. The van der Waals surface area contributed by atoms with Gasteiger partial charge in [-0.3, -0.25) is 9.59 Å². The lowest BCUT2D eigenvalue weighted by Gasteiger charge is -2.28. The molecule has 0 saturated carbocycles. The van der Waals surface area contributed by atoms with Crippen LogP contribution in [0.4, 0.5) is 0 Å². The van der Waals surface area contributed by atoms with Gasteiger partial charge in [0.15, 0.2) is 17.2 Å². The number of fused-ring (bicyclic) bond motifs is 1. The van der Waals surface area contributed by atoms with Crippen molar-refractivity contribution in [2.75, 3.05) is 13.9 Å². The van der Waals surface area contributed by atoms with Crippen molar-refractivity contribution in [3.63, 3.8) is 0 Å². The van der Waals surface area contributed by atoms with Gasteiger partial charge in [0, 0.05) is 18.2 Å². The number of benzene rings is 2. The van der Waals surface area contributed by atoms with Crippen molar-refractivity contribution >= 4 is 17.8 Å². The van der Waals surface area contributed by atoms with Crippen molar-refractivity contribution in [1.82, 2.24) is 10.3 Å². The van der Waals surface area contributed by atoms with E-state index in [2.05, 4.69) is 22.4 Å². The third-order valence-electron chi connectivity index (χ3n) is 7.00. The van der Waals surface area contributed by atoms with Gasteiger partial charge in [0.25, 0.3) is 5.91 Å². The largest absolute Gasteiger partial charge is 0.493 e. The summed E-state index contributed by atoms with van der Waals surface area (Å²) in [5.74, 6) is -1.92. The highest BCUT2D eigenvalue weighted by Crippen LogP contribution is 2.37. The number of methoxy groups -OCH3 is 1. The molecule has 2 unspecified atom stereocenters. The lowest BCUT2D eigenvalue weighted by molar-refractivity contribution is -0.154.